The van der Waals surface area contributed by atoms with Gasteiger partial charge in [-0.15, -0.1) is 6.58 Å². The summed E-state index contributed by atoms with van der Waals surface area (Å²) in [5, 5.41) is 9.08. The van der Waals surface area contributed by atoms with Crippen molar-refractivity contribution in [2.75, 3.05) is 19.8 Å². The summed E-state index contributed by atoms with van der Waals surface area (Å²) in [6.45, 7) is 8.46. The van der Waals surface area contributed by atoms with Gasteiger partial charge in [0.2, 0.25) is 0 Å². The van der Waals surface area contributed by atoms with Crippen molar-refractivity contribution in [2.24, 2.45) is 5.92 Å². The number of aromatic nitrogens is 2. The highest BCUT2D eigenvalue weighted by Gasteiger charge is 2.22. The first-order valence-corrected chi connectivity index (χ1v) is 8.18. The van der Waals surface area contributed by atoms with Crippen LogP contribution in [-0.4, -0.2) is 34.2 Å². The Labute approximate surface area is 142 Å². The Hall–Kier alpha value is -2.42. The quantitative estimate of drug-likeness (QED) is 0.606. The summed E-state index contributed by atoms with van der Waals surface area (Å²) < 4.78 is 7.90. The average molecular weight is 322 g/mol. The smallest absolute Gasteiger partial charge is 0.122 e. The minimum atomic E-state index is 0.402. The largest absolute Gasteiger partial charge is 0.377 e. The highest BCUT2D eigenvalue weighted by molar-refractivity contribution is 5.32. The molecule has 0 saturated heterocycles. The fraction of sp³-hybridized carbons (Fsp3) is 0.368. The predicted molar refractivity (Wildman–Crippen MR) is 92.0 cm³/mol. The van der Waals surface area contributed by atoms with E-state index in [9.17, 15) is 0 Å². The molecule has 1 atom stereocenters. The molecule has 0 N–H and O–H groups in total. The van der Waals surface area contributed by atoms with Crippen LogP contribution in [0.25, 0.3) is 0 Å². The number of imidazole rings is 1. The number of hydrogen-bond acceptors (Lipinski definition) is 4. The lowest BCUT2D eigenvalue weighted by Gasteiger charge is -2.23. The first-order valence-electron chi connectivity index (χ1n) is 8.18. The Morgan fingerprint density at radius 2 is 2.33 bits per heavy atom. The van der Waals surface area contributed by atoms with E-state index in [1.165, 1.54) is 0 Å². The molecule has 0 spiro atoms. The summed E-state index contributed by atoms with van der Waals surface area (Å²) in [5.41, 5.74) is 1.86. The van der Waals surface area contributed by atoms with E-state index in [0.717, 1.165) is 37.6 Å². The highest BCUT2D eigenvalue weighted by atomic mass is 16.5. The summed E-state index contributed by atoms with van der Waals surface area (Å²) in [6.07, 6.45) is 5.68. The standard InChI is InChI=1S/C19H22N4O/c1-2-8-24-15-18-12-22(14-19-21-6-7-23(19)13-18)11-17-5-3-4-16(9-17)10-20/h2-7,9,18H,1,8,11-15H2. The minimum absolute atomic E-state index is 0.402. The van der Waals surface area contributed by atoms with Crippen molar-refractivity contribution in [1.29, 1.82) is 5.26 Å². The van der Waals surface area contributed by atoms with Crippen molar-refractivity contribution >= 4 is 0 Å². The molecule has 0 aliphatic carbocycles. The van der Waals surface area contributed by atoms with E-state index < -0.39 is 0 Å². The molecule has 0 bridgehead atoms. The van der Waals surface area contributed by atoms with Gasteiger partial charge in [-0.3, -0.25) is 4.90 Å². The van der Waals surface area contributed by atoms with Gasteiger partial charge in [-0.2, -0.15) is 5.26 Å². The molecule has 1 aliphatic heterocycles. The van der Waals surface area contributed by atoms with Gasteiger partial charge in [0.05, 0.1) is 31.4 Å². The fourth-order valence-electron chi connectivity index (χ4n) is 3.16. The van der Waals surface area contributed by atoms with Crippen molar-refractivity contribution in [2.45, 2.75) is 19.6 Å². The first kappa shape index (κ1) is 16.4. The first-order chi connectivity index (χ1) is 11.8. The van der Waals surface area contributed by atoms with Crippen LogP contribution in [0.4, 0.5) is 0 Å². The maximum Gasteiger partial charge on any atom is 0.122 e. The normalized spacial score (nSPS) is 17.7. The van der Waals surface area contributed by atoms with Gasteiger partial charge < -0.3 is 9.30 Å². The van der Waals surface area contributed by atoms with E-state index in [0.29, 0.717) is 24.7 Å². The molecule has 24 heavy (non-hydrogen) atoms. The number of nitrogens with zero attached hydrogens (tertiary/aromatic N) is 4. The van der Waals surface area contributed by atoms with Crippen molar-refractivity contribution in [3.05, 3.63) is 66.3 Å². The van der Waals surface area contributed by atoms with Crippen molar-refractivity contribution in [3.63, 3.8) is 0 Å². The monoisotopic (exact) mass is 322 g/mol. The molecule has 1 aliphatic rings. The number of fused-ring (bicyclic) bond motifs is 1. The Morgan fingerprint density at radius 3 is 3.17 bits per heavy atom. The summed E-state index contributed by atoms with van der Waals surface area (Å²) in [7, 11) is 0. The second kappa shape index (κ2) is 7.91. The second-order valence-electron chi connectivity index (χ2n) is 6.17. The van der Waals surface area contributed by atoms with Crippen molar-refractivity contribution < 1.29 is 4.74 Å². The van der Waals surface area contributed by atoms with Gasteiger partial charge >= 0.3 is 0 Å². The summed E-state index contributed by atoms with van der Waals surface area (Å²) in [6, 6.07) is 10.0. The summed E-state index contributed by atoms with van der Waals surface area (Å²) in [4.78, 5) is 6.86. The van der Waals surface area contributed by atoms with Gasteiger partial charge in [0.1, 0.15) is 5.82 Å². The van der Waals surface area contributed by atoms with E-state index in [1.54, 1.807) is 6.08 Å². The van der Waals surface area contributed by atoms with E-state index >= 15 is 0 Å². The second-order valence-corrected chi connectivity index (χ2v) is 6.17. The van der Waals surface area contributed by atoms with Gasteiger partial charge in [0, 0.05) is 37.9 Å². The highest BCUT2D eigenvalue weighted by Crippen LogP contribution is 2.18. The molecule has 5 nitrogen and oxygen atoms in total. The molecular formula is C19H22N4O. The third-order valence-electron chi connectivity index (χ3n) is 4.19. The van der Waals surface area contributed by atoms with E-state index in [2.05, 4.69) is 33.2 Å². The molecular weight excluding hydrogens is 300 g/mol. The molecule has 1 unspecified atom stereocenters. The van der Waals surface area contributed by atoms with Crippen LogP contribution in [-0.2, 0) is 24.4 Å². The van der Waals surface area contributed by atoms with Crippen LogP contribution in [0, 0.1) is 17.2 Å². The topological polar surface area (TPSA) is 54.1 Å². The molecule has 5 heteroatoms. The van der Waals surface area contributed by atoms with Gasteiger partial charge in [-0.25, -0.2) is 4.98 Å². The van der Waals surface area contributed by atoms with Crippen LogP contribution in [0.1, 0.15) is 17.0 Å². The zero-order valence-corrected chi connectivity index (χ0v) is 13.8. The molecule has 0 saturated carbocycles. The van der Waals surface area contributed by atoms with Crippen molar-refractivity contribution in [3.8, 4) is 6.07 Å². The lowest BCUT2D eigenvalue weighted by Crippen LogP contribution is -2.30. The van der Waals surface area contributed by atoms with E-state index in [1.807, 2.05) is 30.6 Å². The zero-order chi connectivity index (χ0) is 16.8. The van der Waals surface area contributed by atoms with Gasteiger partial charge in [0.25, 0.3) is 0 Å². The average Bonchev–Trinajstić information content (AvgIpc) is 2.95. The zero-order valence-electron chi connectivity index (χ0n) is 13.8. The van der Waals surface area contributed by atoms with Gasteiger partial charge in [-0.1, -0.05) is 18.2 Å². The molecule has 2 heterocycles. The summed E-state index contributed by atoms with van der Waals surface area (Å²) >= 11 is 0. The molecule has 2 aromatic rings. The third-order valence-corrected chi connectivity index (χ3v) is 4.19. The molecule has 1 aromatic carbocycles. The maximum absolute atomic E-state index is 9.08. The fourth-order valence-corrected chi connectivity index (χ4v) is 3.16. The SMILES string of the molecule is C=CCOCC1CN(Cc2cccc(C#N)c2)Cc2nccn2C1. The molecule has 0 amide bonds. The molecule has 0 fully saturated rings. The lowest BCUT2D eigenvalue weighted by molar-refractivity contribution is 0.0943. The maximum atomic E-state index is 9.08. The Balaban J connectivity index is 1.73. The van der Waals surface area contributed by atoms with Crippen LogP contribution in [0.5, 0.6) is 0 Å². The molecule has 1 aromatic heterocycles. The Morgan fingerprint density at radius 1 is 1.42 bits per heavy atom. The van der Waals surface area contributed by atoms with Crippen LogP contribution in [0.2, 0.25) is 0 Å². The molecule has 0 radical (unpaired) electrons. The van der Waals surface area contributed by atoms with E-state index in [4.69, 9.17) is 10.00 Å². The number of ether oxygens (including phenoxy) is 1. The minimum Gasteiger partial charge on any atom is -0.377 e. The number of hydrogen-bond donors (Lipinski definition) is 0. The Kier molecular flexibility index (Phi) is 5.42. The van der Waals surface area contributed by atoms with Crippen LogP contribution >= 0.6 is 0 Å². The lowest BCUT2D eigenvalue weighted by atomic mass is 10.1. The molecule has 124 valence electrons. The van der Waals surface area contributed by atoms with Crippen molar-refractivity contribution in [1.82, 2.24) is 14.5 Å². The van der Waals surface area contributed by atoms with Crippen LogP contribution in [0.3, 0.4) is 0 Å². The van der Waals surface area contributed by atoms with Crippen LogP contribution < -0.4 is 0 Å². The number of nitriles is 1. The van der Waals surface area contributed by atoms with Gasteiger partial charge in [0.15, 0.2) is 0 Å². The third kappa shape index (κ3) is 4.10. The Bertz CT molecular complexity index is 731. The van der Waals surface area contributed by atoms with Gasteiger partial charge in [-0.05, 0) is 17.7 Å². The predicted octanol–water partition coefficient (Wildman–Crippen LogP) is 2.59. The number of benzene rings is 1. The molecule has 3 rings (SSSR count). The van der Waals surface area contributed by atoms with Crippen LogP contribution in [0.15, 0.2) is 49.3 Å². The summed E-state index contributed by atoms with van der Waals surface area (Å²) in [5.74, 6) is 1.48. The van der Waals surface area contributed by atoms with E-state index in [-0.39, 0.29) is 0 Å². The number of rotatable bonds is 6.